The number of anilines is 1. The Morgan fingerprint density at radius 2 is 2.00 bits per heavy atom. The van der Waals surface area contributed by atoms with E-state index in [1.807, 2.05) is 12.1 Å². The Morgan fingerprint density at radius 1 is 1.29 bits per heavy atom. The molecule has 0 amide bonds. The topological polar surface area (TPSA) is 58.2 Å². The van der Waals surface area contributed by atoms with E-state index in [4.69, 9.17) is 0 Å². The van der Waals surface area contributed by atoms with Crippen molar-refractivity contribution < 1.29 is 8.42 Å². The predicted octanol–water partition coefficient (Wildman–Crippen LogP) is 3.07. The number of hydrogen-bond acceptors (Lipinski definition) is 4. The lowest BCUT2D eigenvalue weighted by Crippen LogP contribution is -2.45. The maximum absolute atomic E-state index is 12.6. The van der Waals surface area contributed by atoms with Crippen LogP contribution in [-0.2, 0) is 10.0 Å². The van der Waals surface area contributed by atoms with E-state index in [-0.39, 0.29) is 4.75 Å². The van der Waals surface area contributed by atoms with Crippen molar-refractivity contribution in [2.75, 3.05) is 24.7 Å². The highest BCUT2D eigenvalue weighted by atomic mass is 32.2. The van der Waals surface area contributed by atoms with Crippen molar-refractivity contribution in [3.63, 3.8) is 0 Å². The fourth-order valence-electron chi connectivity index (χ4n) is 2.44. The van der Waals surface area contributed by atoms with Crippen LogP contribution >= 0.6 is 11.8 Å². The first kappa shape index (κ1) is 16.6. The molecule has 2 N–H and O–H groups in total. The Bertz CT molecular complexity index is 563. The van der Waals surface area contributed by atoms with E-state index in [0.29, 0.717) is 17.1 Å². The Hall–Kier alpha value is -0.720. The van der Waals surface area contributed by atoms with Crippen molar-refractivity contribution in [3.05, 3.63) is 24.3 Å². The Balaban J connectivity index is 2.12. The summed E-state index contributed by atoms with van der Waals surface area (Å²) in [6.45, 7) is 3.33. The molecule has 0 heterocycles. The summed E-state index contributed by atoms with van der Waals surface area (Å²) < 4.78 is 28.0. The second-order valence-electron chi connectivity index (χ2n) is 5.49. The molecule has 2 rings (SSSR count). The molecule has 0 radical (unpaired) electrons. The van der Waals surface area contributed by atoms with E-state index in [9.17, 15) is 8.42 Å². The van der Waals surface area contributed by atoms with E-state index in [1.165, 1.54) is 6.42 Å². The first-order valence-electron chi connectivity index (χ1n) is 7.41. The van der Waals surface area contributed by atoms with Crippen LogP contribution in [0.3, 0.4) is 0 Å². The van der Waals surface area contributed by atoms with Crippen molar-refractivity contribution in [2.24, 2.45) is 0 Å². The van der Waals surface area contributed by atoms with Crippen LogP contribution in [0.5, 0.6) is 0 Å². The van der Waals surface area contributed by atoms with Crippen LogP contribution in [0.15, 0.2) is 29.2 Å². The van der Waals surface area contributed by atoms with E-state index in [1.54, 1.807) is 23.9 Å². The van der Waals surface area contributed by atoms with Crippen LogP contribution in [-0.4, -0.2) is 32.5 Å². The van der Waals surface area contributed by atoms with Crippen molar-refractivity contribution in [2.45, 2.75) is 42.2 Å². The van der Waals surface area contributed by atoms with E-state index in [2.05, 4.69) is 23.2 Å². The molecule has 1 aliphatic carbocycles. The number of rotatable bonds is 8. The van der Waals surface area contributed by atoms with E-state index >= 15 is 0 Å². The number of benzene rings is 1. The third-order valence-electron chi connectivity index (χ3n) is 4.02. The summed E-state index contributed by atoms with van der Waals surface area (Å²) >= 11 is 1.77. The molecule has 0 spiro atoms. The van der Waals surface area contributed by atoms with Crippen LogP contribution in [0.1, 0.15) is 32.6 Å². The highest BCUT2D eigenvalue weighted by Crippen LogP contribution is 2.42. The Labute approximate surface area is 132 Å². The van der Waals surface area contributed by atoms with Gasteiger partial charge in [0.25, 0.3) is 0 Å². The minimum Gasteiger partial charge on any atom is -0.384 e. The third kappa shape index (κ3) is 3.93. The standard InChI is InChI=1S/C15H24N2O2S2/c1-3-11-16-13-7-4-5-8-14(13)21(18,19)17-12-15(20-2)9-6-10-15/h4-5,7-8,16-17H,3,6,9-12H2,1-2H3. The first-order chi connectivity index (χ1) is 10.0. The number of thioether (sulfide) groups is 1. The van der Waals surface area contributed by atoms with Crippen molar-refractivity contribution in [1.82, 2.24) is 4.72 Å². The number of para-hydroxylation sites is 1. The Kier molecular flexibility index (Phi) is 5.57. The van der Waals surface area contributed by atoms with Gasteiger partial charge in [0.05, 0.1) is 5.69 Å². The first-order valence-corrected chi connectivity index (χ1v) is 10.1. The molecule has 1 fully saturated rings. The van der Waals surface area contributed by atoms with Crippen LogP contribution in [0.25, 0.3) is 0 Å². The largest absolute Gasteiger partial charge is 0.384 e. The number of nitrogens with one attached hydrogen (secondary N) is 2. The summed E-state index contributed by atoms with van der Waals surface area (Å²) in [7, 11) is -3.47. The summed E-state index contributed by atoms with van der Waals surface area (Å²) in [4.78, 5) is 0.342. The van der Waals surface area contributed by atoms with Gasteiger partial charge in [0.15, 0.2) is 0 Å². The highest BCUT2D eigenvalue weighted by Gasteiger charge is 2.37. The van der Waals surface area contributed by atoms with Crippen molar-refractivity contribution >= 4 is 27.5 Å². The lowest BCUT2D eigenvalue weighted by Gasteiger charge is -2.40. The maximum Gasteiger partial charge on any atom is 0.242 e. The van der Waals surface area contributed by atoms with Crippen LogP contribution in [0, 0.1) is 0 Å². The van der Waals surface area contributed by atoms with Gasteiger partial charge >= 0.3 is 0 Å². The van der Waals surface area contributed by atoms with Gasteiger partial charge in [-0.1, -0.05) is 25.5 Å². The molecule has 0 saturated heterocycles. The van der Waals surface area contributed by atoms with Gasteiger partial charge in [0.1, 0.15) is 4.90 Å². The van der Waals surface area contributed by atoms with Crippen LogP contribution in [0.2, 0.25) is 0 Å². The van der Waals surface area contributed by atoms with Gasteiger partial charge in [-0.05, 0) is 37.7 Å². The lowest BCUT2D eigenvalue weighted by molar-refractivity contribution is 0.362. The Morgan fingerprint density at radius 3 is 2.57 bits per heavy atom. The average Bonchev–Trinajstić information content (AvgIpc) is 2.44. The zero-order valence-electron chi connectivity index (χ0n) is 12.7. The van der Waals surface area contributed by atoms with Gasteiger partial charge in [-0.3, -0.25) is 0 Å². The summed E-state index contributed by atoms with van der Waals surface area (Å²) in [6, 6.07) is 7.09. The molecule has 0 aromatic heterocycles. The second kappa shape index (κ2) is 7.03. The molecular formula is C15H24N2O2S2. The maximum atomic E-state index is 12.6. The summed E-state index contributed by atoms with van der Waals surface area (Å²) in [6.07, 6.45) is 6.39. The average molecular weight is 329 g/mol. The predicted molar refractivity (Wildman–Crippen MR) is 90.5 cm³/mol. The van der Waals surface area contributed by atoms with Gasteiger partial charge in [0, 0.05) is 17.8 Å². The summed E-state index contributed by atoms with van der Waals surface area (Å²) in [5.74, 6) is 0. The highest BCUT2D eigenvalue weighted by molar-refractivity contribution is 8.00. The summed E-state index contributed by atoms with van der Waals surface area (Å²) in [5.41, 5.74) is 0.679. The molecule has 1 saturated carbocycles. The molecule has 1 aromatic carbocycles. The molecule has 0 unspecified atom stereocenters. The molecule has 0 aliphatic heterocycles. The molecule has 4 nitrogen and oxygen atoms in total. The fourth-order valence-corrected chi connectivity index (χ4v) is 4.75. The zero-order chi connectivity index (χ0) is 15.3. The molecule has 1 aliphatic rings. The van der Waals surface area contributed by atoms with Crippen molar-refractivity contribution in [3.8, 4) is 0 Å². The minimum atomic E-state index is -3.47. The molecule has 0 bridgehead atoms. The molecule has 118 valence electrons. The lowest BCUT2D eigenvalue weighted by atomic mass is 9.84. The fraction of sp³-hybridized carbons (Fsp3) is 0.600. The molecule has 6 heteroatoms. The second-order valence-corrected chi connectivity index (χ2v) is 8.50. The third-order valence-corrected chi connectivity index (χ3v) is 6.90. The molecule has 1 aromatic rings. The SMILES string of the molecule is CCCNc1ccccc1S(=O)(=O)NCC1(SC)CCC1. The monoisotopic (exact) mass is 328 g/mol. The van der Waals surface area contributed by atoms with Crippen molar-refractivity contribution in [1.29, 1.82) is 0 Å². The van der Waals surface area contributed by atoms with Gasteiger partial charge in [0.2, 0.25) is 10.0 Å². The summed E-state index contributed by atoms with van der Waals surface area (Å²) in [5, 5.41) is 3.18. The van der Waals surface area contributed by atoms with Crippen LogP contribution in [0.4, 0.5) is 5.69 Å². The molecular weight excluding hydrogens is 304 g/mol. The van der Waals surface area contributed by atoms with Gasteiger partial charge < -0.3 is 5.32 Å². The van der Waals surface area contributed by atoms with Gasteiger partial charge in [-0.2, -0.15) is 11.8 Å². The number of hydrogen-bond donors (Lipinski definition) is 2. The van der Waals surface area contributed by atoms with Gasteiger partial charge in [-0.25, -0.2) is 13.1 Å². The minimum absolute atomic E-state index is 0.0961. The quantitative estimate of drug-likeness (QED) is 0.770. The van der Waals surface area contributed by atoms with Gasteiger partial charge in [-0.15, -0.1) is 0 Å². The molecule has 21 heavy (non-hydrogen) atoms. The molecule has 0 atom stereocenters. The smallest absolute Gasteiger partial charge is 0.242 e. The zero-order valence-corrected chi connectivity index (χ0v) is 14.3. The van der Waals surface area contributed by atoms with E-state index < -0.39 is 10.0 Å². The van der Waals surface area contributed by atoms with Crippen LogP contribution < -0.4 is 10.0 Å². The van der Waals surface area contributed by atoms with E-state index in [0.717, 1.165) is 25.8 Å². The normalized spacial score (nSPS) is 17.2. The number of sulfonamides is 1.